The molecule has 0 spiro atoms. The summed E-state index contributed by atoms with van der Waals surface area (Å²) in [6.07, 6.45) is 2.35. The zero-order valence-corrected chi connectivity index (χ0v) is 49.0. The molecule has 1 N–H and O–H groups in total. The summed E-state index contributed by atoms with van der Waals surface area (Å²) in [4.78, 5) is 15.1. The molecule has 2 aliphatic heterocycles. The van der Waals surface area contributed by atoms with Crippen LogP contribution in [0, 0.1) is 56.7 Å². The summed E-state index contributed by atoms with van der Waals surface area (Å²) < 4.78 is 56.0. The average Bonchev–Trinajstić information content (AvgIpc) is 1.72. The van der Waals surface area contributed by atoms with Gasteiger partial charge in [0.2, 0.25) is 0 Å². The average molecular weight is 1100 g/mol. The van der Waals surface area contributed by atoms with Gasteiger partial charge in [-0.2, -0.15) is 0 Å². The Kier molecular flexibility index (Phi) is 17.3. The van der Waals surface area contributed by atoms with Crippen molar-refractivity contribution in [3.05, 3.63) is 191 Å². The van der Waals surface area contributed by atoms with Crippen LogP contribution in [0.25, 0.3) is 0 Å². The van der Waals surface area contributed by atoms with Crippen LogP contribution in [-0.4, -0.2) is 73.8 Å². The number of carbonyl (C=O) groups is 1. The zero-order valence-electron chi connectivity index (χ0n) is 49.0. The summed E-state index contributed by atoms with van der Waals surface area (Å²) in [7, 11) is 0. The largest absolute Gasteiger partial charge is 0.461 e. The summed E-state index contributed by atoms with van der Waals surface area (Å²) in [6.45, 7) is 19.2. The van der Waals surface area contributed by atoms with Gasteiger partial charge in [0.15, 0.2) is 6.29 Å². The highest BCUT2D eigenvalue weighted by molar-refractivity contribution is 5.75. The summed E-state index contributed by atoms with van der Waals surface area (Å²) in [5.41, 5.74) is 4.63. The van der Waals surface area contributed by atoms with E-state index in [9.17, 15) is 5.11 Å². The first kappa shape index (κ1) is 57.8. The third-order valence-electron chi connectivity index (χ3n) is 21.4. The molecule has 5 fully saturated rings. The lowest BCUT2D eigenvalue weighted by molar-refractivity contribution is -0.363. The fourth-order valence-electron chi connectivity index (χ4n) is 16.6. The van der Waals surface area contributed by atoms with Gasteiger partial charge in [-0.15, -0.1) is 0 Å². The van der Waals surface area contributed by atoms with Crippen LogP contribution in [-0.2, 0) is 75.7 Å². The normalized spacial score (nSPS) is 35.6. The van der Waals surface area contributed by atoms with Crippen LogP contribution in [0.4, 0.5) is 0 Å². The van der Waals surface area contributed by atoms with Gasteiger partial charge < -0.3 is 43.0 Å². The Bertz CT molecular complexity index is 2870. The number of rotatable bonds is 20. The van der Waals surface area contributed by atoms with Gasteiger partial charge in [-0.3, -0.25) is 4.79 Å². The molecule has 5 aromatic carbocycles. The first-order chi connectivity index (χ1) is 39.2. The van der Waals surface area contributed by atoms with Crippen LogP contribution < -0.4 is 0 Å². The van der Waals surface area contributed by atoms with E-state index in [1.54, 1.807) is 0 Å². The van der Waals surface area contributed by atoms with Gasteiger partial charge in [0, 0.05) is 10.8 Å². The second kappa shape index (κ2) is 24.3. The van der Waals surface area contributed by atoms with E-state index in [1.807, 2.05) is 103 Å². The molecule has 10 heteroatoms. The van der Waals surface area contributed by atoms with Gasteiger partial charge in [-0.05, 0) is 106 Å². The van der Waals surface area contributed by atoms with E-state index in [2.05, 4.69) is 103 Å². The summed E-state index contributed by atoms with van der Waals surface area (Å²) in [5, 5.41) is 13.2. The minimum Gasteiger partial charge on any atom is -0.461 e. The van der Waals surface area contributed by atoms with Crippen LogP contribution >= 0.6 is 0 Å². The Labute approximate surface area is 482 Å². The van der Waals surface area contributed by atoms with Crippen molar-refractivity contribution in [2.75, 3.05) is 19.8 Å². The molecular formula is C71H88O10. The molecule has 6 aliphatic rings. The van der Waals surface area contributed by atoms with Gasteiger partial charge in [0.05, 0.1) is 64.4 Å². The van der Waals surface area contributed by atoms with Crippen LogP contribution in [0.15, 0.2) is 163 Å². The molecule has 2 unspecified atom stereocenters. The van der Waals surface area contributed by atoms with Crippen LogP contribution in [0.1, 0.15) is 115 Å². The predicted molar refractivity (Wildman–Crippen MR) is 313 cm³/mol. The number of ether oxygens (including phenoxy) is 8. The molecule has 3 saturated carbocycles. The van der Waals surface area contributed by atoms with E-state index >= 15 is 4.79 Å². The summed E-state index contributed by atoms with van der Waals surface area (Å²) >= 11 is 0. The van der Waals surface area contributed by atoms with E-state index in [1.165, 1.54) is 5.57 Å². The molecule has 0 aromatic heterocycles. The van der Waals surface area contributed by atoms with Crippen molar-refractivity contribution in [3.63, 3.8) is 0 Å². The molecular weight excluding hydrogens is 1010 g/mol. The molecule has 0 radical (unpaired) electrons. The maximum atomic E-state index is 15.1. The smallest absolute Gasteiger partial charge is 0.310 e. The van der Waals surface area contributed by atoms with Crippen LogP contribution in [0.5, 0.6) is 0 Å². The van der Waals surface area contributed by atoms with Crippen LogP contribution in [0.3, 0.4) is 0 Å². The molecule has 2 bridgehead atoms. The Morgan fingerprint density at radius 2 is 1.14 bits per heavy atom. The lowest BCUT2D eigenvalue weighted by Gasteiger charge is -2.71. The van der Waals surface area contributed by atoms with Gasteiger partial charge in [-0.1, -0.05) is 212 Å². The summed E-state index contributed by atoms with van der Waals surface area (Å²) in [5.74, 6) is 0.680. The van der Waals surface area contributed by atoms with Crippen molar-refractivity contribution in [3.8, 4) is 0 Å². The Morgan fingerprint density at radius 3 is 1.69 bits per heavy atom. The molecule has 2 saturated heterocycles. The van der Waals surface area contributed by atoms with Crippen molar-refractivity contribution < 1.29 is 47.8 Å². The number of carbonyl (C=O) groups excluding carboxylic acids is 1. The monoisotopic (exact) mass is 1100 g/mol. The Hall–Kier alpha value is -5.01. The second-order valence-corrected chi connectivity index (χ2v) is 26.3. The van der Waals surface area contributed by atoms with Gasteiger partial charge in [0.25, 0.3) is 0 Å². The fourth-order valence-corrected chi connectivity index (χ4v) is 16.6. The van der Waals surface area contributed by atoms with Crippen molar-refractivity contribution >= 4 is 5.97 Å². The first-order valence-corrected chi connectivity index (χ1v) is 30.2. The third kappa shape index (κ3) is 11.2. The number of aliphatic hydroxyl groups is 1. The van der Waals surface area contributed by atoms with Gasteiger partial charge >= 0.3 is 5.97 Å². The number of esters is 1. The lowest BCUT2D eigenvalue weighted by atomic mass is 9.34. The molecule has 2 heterocycles. The molecule has 5 aromatic rings. The summed E-state index contributed by atoms with van der Waals surface area (Å²) in [6, 6.07) is 50.8. The lowest BCUT2D eigenvalue weighted by Crippen LogP contribution is -2.71. The topological polar surface area (TPSA) is 111 Å². The minimum absolute atomic E-state index is 0.0737. The van der Waals surface area contributed by atoms with Gasteiger partial charge in [0.1, 0.15) is 31.0 Å². The first-order valence-electron chi connectivity index (χ1n) is 30.2. The molecule has 432 valence electrons. The number of fused-ring (bicyclic) bond motifs is 3. The Morgan fingerprint density at radius 1 is 0.617 bits per heavy atom. The highest BCUT2D eigenvalue weighted by Gasteiger charge is 2.72. The molecule has 0 amide bonds. The highest BCUT2D eigenvalue weighted by Crippen LogP contribution is 2.75. The number of aliphatic hydroxyl groups excluding tert-OH is 1. The van der Waals surface area contributed by atoms with Crippen LogP contribution in [0.2, 0.25) is 0 Å². The van der Waals surface area contributed by atoms with Crippen molar-refractivity contribution in [2.45, 2.75) is 163 Å². The number of benzene rings is 5. The van der Waals surface area contributed by atoms with E-state index in [-0.39, 0.29) is 59.8 Å². The van der Waals surface area contributed by atoms with E-state index in [0.29, 0.717) is 51.3 Å². The standard InChI is InChI=1S/C71H88O10/c1-48(2)49(3)67(4)37-38-69(6)55-33-34-59-68(5)46-75-47-71(59,56(55)35-36-70(69,7)63(67)65(73)79-44-54-31-21-12-22-32-54)39-57(72)64(68)81-66-62(78-43-53-29-19-11-20-30-53)61(77-42-52-27-17-10-18-28-52)60(76-41-51-25-15-9-16-26-51)58(80-66)45-74-40-50-23-13-8-14-24-50/h8-32,35,48-49,55,57-64,66,72H,33-34,36-47H2,1-7H3/t49-,55+,57+,58?,59+,60+,61+,62?,63-,64+,66+,67-,68-,69-,70+,71+/m1/s1. The molecule has 81 heavy (non-hydrogen) atoms. The van der Waals surface area contributed by atoms with Crippen molar-refractivity contribution in [1.29, 1.82) is 0 Å². The number of allylic oxidation sites excluding steroid dienone is 1. The molecule has 10 nitrogen and oxygen atoms in total. The van der Waals surface area contributed by atoms with E-state index < -0.39 is 53.7 Å². The maximum absolute atomic E-state index is 15.1. The number of hydrogen-bond donors (Lipinski definition) is 1. The van der Waals surface area contributed by atoms with Gasteiger partial charge in [-0.25, -0.2) is 0 Å². The minimum atomic E-state index is -0.990. The predicted octanol–water partition coefficient (Wildman–Crippen LogP) is 13.7. The Balaban J connectivity index is 0.925. The zero-order chi connectivity index (χ0) is 56.4. The maximum Gasteiger partial charge on any atom is 0.310 e. The molecule has 11 rings (SSSR count). The number of hydrogen-bond acceptors (Lipinski definition) is 10. The molecule has 4 aliphatic carbocycles. The van der Waals surface area contributed by atoms with Crippen molar-refractivity contribution in [2.24, 2.45) is 56.7 Å². The molecule has 16 atom stereocenters. The van der Waals surface area contributed by atoms with E-state index in [0.717, 1.165) is 59.9 Å². The quantitative estimate of drug-likeness (QED) is 0.0459. The SMILES string of the molecule is CC(C)[C@@H](C)[C@@]1(C)CC[C@]2(C)[C@H]3CC[C@@H]4[C@@]5(COC[C@@]4(C)[C@@H](O[C@@H]4OC(COCc6ccccc6)[C@H](OCc6ccccc6)[C@H](OCc6ccccc6)C4OCc4ccccc4)[C@@H](O)C5)C3=CC[C@@]2(C)[C@@H]1C(=O)OCc1ccccc1. The second-order valence-electron chi connectivity index (χ2n) is 26.3. The van der Waals surface area contributed by atoms with Crippen molar-refractivity contribution in [1.82, 2.24) is 0 Å². The highest BCUT2D eigenvalue weighted by atomic mass is 16.7. The third-order valence-corrected chi connectivity index (χ3v) is 21.4. The van der Waals surface area contributed by atoms with E-state index in [4.69, 9.17) is 37.9 Å². The fraction of sp³-hybridized carbons (Fsp3) is 0.535.